The number of pyridine rings is 1. The van der Waals surface area contributed by atoms with Gasteiger partial charge in [0.25, 0.3) is 5.56 Å². The minimum absolute atomic E-state index is 0.197. The second-order valence-electron chi connectivity index (χ2n) is 10.7. The lowest BCUT2D eigenvalue weighted by molar-refractivity contribution is 0.180. The summed E-state index contributed by atoms with van der Waals surface area (Å²) < 4.78 is 15.6. The van der Waals surface area contributed by atoms with Gasteiger partial charge in [0.15, 0.2) is 5.82 Å². The first-order valence-corrected chi connectivity index (χ1v) is 13.2. The molecule has 0 saturated heterocycles. The number of tetrazole rings is 1. The number of aromatic amines is 1. The number of halogens is 1. The Morgan fingerprint density at radius 3 is 2.36 bits per heavy atom. The van der Waals surface area contributed by atoms with E-state index in [1.807, 2.05) is 48.0 Å². The predicted molar refractivity (Wildman–Crippen MR) is 151 cm³/mol. The molecule has 7 nitrogen and oxygen atoms in total. The Hall–Kier alpha value is -4.17. The second-order valence-corrected chi connectivity index (χ2v) is 10.7. The zero-order valence-corrected chi connectivity index (χ0v) is 22.7. The highest BCUT2D eigenvalue weighted by Crippen LogP contribution is 2.33. The molecule has 0 saturated carbocycles. The number of nitrogens with zero attached hydrogens (tertiary/aromatic N) is 5. The van der Waals surface area contributed by atoms with E-state index < -0.39 is 6.04 Å². The van der Waals surface area contributed by atoms with Crippen molar-refractivity contribution in [2.45, 2.75) is 58.8 Å². The van der Waals surface area contributed by atoms with Gasteiger partial charge in [-0.05, 0) is 84.5 Å². The molecule has 1 atom stereocenters. The SMILES string of the molecule is CCC(C)(C)n1nnnc1[C@H](c1cc2cc(C)ccc2[nH]c1=O)N(Cc1ccccc1)Cc1ccc(F)cc1. The van der Waals surface area contributed by atoms with Gasteiger partial charge in [-0.3, -0.25) is 9.69 Å². The van der Waals surface area contributed by atoms with Gasteiger partial charge in [-0.15, -0.1) is 5.10 Å². The second kappa shape index (κ2) is 10.9. The molecule has 0 aliphatic heterocycles. The van der Waals surface area contributed by atoms with Crippen molar-refractivity contribution in [1.82, 2.24) is 30.1 Å². The highest BCUT2D eigenvalue weighted by molar-refractivity contribution is 5.79. The van der Waals surface area contributed by atoms with Crippen LogP contribution in [-0.4, -0.2) is 30.1 Å². The molecule has 5 rings (SSSR count). The van der Waals surface area contributed by atoms with Crippen LogP contribution in [0.5, 0.6) is 0 Å². The van der Waals surface area contributed by atoms with Gasteiger partial charge in [-0.25, -0.2) is 9.07 Å². The zero-order valence-electron chi connectivity index (χ0n) is 22.7. The highest BCUT2D eigenvalue weighted by atomic mass is 19.1. The first-order chi connectivity index (χ1) is 18.7. The van der Waals surface area contributed by atoms with Crippen LogP contribution in [0.2, 0.25) is 0 Å². The Labute approximate surface area is 227 Å². The number of rotatable bonds is 9. The summed E-state index contributed by atoms with van der Waals surface area (Å²) in [5.74, 6) is 0.289. The van der Waals surface area contributed by atoms with Gasteiger partial charge in [-0.1, -0.05) is 61.0 Å². The number of nitrogens with one attached hydrogen (secondary N) is 1. The van der Waals surface area contributed by atoms with E-state index in [-0.39, 0.29) is 16.9 Å². The van der Waals surface area contributed by atoms with Crippen molar-refractivity contribution in [2.75, 3.05) is 0 Å². The minimum atomic E-state index is -0.579. The zero-order chi connectivity index (χ0) is 27.6. The summed E-state index contributed by atoms with van der Waals surface area (Å²) in [6, 6.07) is 23.9. The highest BCUT2D eigenvalue weighted by Gasteiger charge is 2.34. The lowest BCUT2D eigenvalue weighted by atomic mass is 9.98. The molecular weight excluding hydrogens is 491 g/mol. The first kappa shape index (κ1) is 26.4. The van der Waals surface area contributed by atoms with Crippen LogP contribution >= 0.6 is 0 Å². The van der Waals surface area contributed by atoms with Crippen LogP contribution in [-0.2, 0) is 18.6 Å². The van der Waals surface area contributed by atoms with Crippen LogP contribution < -0.4 is 5.56 Å². The smallest absolute Gasteiger partial charge is 0.253 e. The van der Waals surface area contributed by atoms with Crippen molar-refractivity contribution >= 4 is 10.9 Å². The van der Waals surface area contributed by atoms with Gasteiger partial charge >= 0.3 is 0 Å². The number of benzene rings is 3. The molecule has 0 radical (unpaired) electrons. The monoisotopic (exact) mass is 524 g/mol. The van der Waals surface area contributed by atoms with E-state index in [0.29, 0.717) is 24.5 Å². The van der Waals surface area contributed by atoms with E-state index in [4.69, 9.17) is 0 Å². The van der Waals surface area contributed by atoms with E-state index in [1.165, 1.54) is 12.1 Å². The average Bonchev–Trinajstić information content (AvgIpc) is 3.42. The van der Waals surface area contributed by atoms with Crippen molar-refractivity contribution in [3.05, 3.63) is 123 Å². The minimum Gasteiger partial charge on any atom is -0.322 e. The fourth-order valence-corrected chi connectivity index (χ4v) is 4.87. The number of hydrogen-bond acceptors (Lipinski definition) is 5. The van der Waals surface area contributed by atoms with Crippen molar-refractivity contribution in [1.29, 1.82) is 0 Å². The van der Waals surface area contributed by atoms with E-state index in [0.717, 1.165) is 34.0 Å². The maximum atomic E-state index is 13.8. The molecule has 0 unspecified atom stereocenters. The Balaban J connectivity index is 1.74. The van der Waals surface area contributed by atoms with Crippen molar-refractivity contribution in [3.63, 3.8) is 0 Å². The number of hydrogen-bond donors (Lipinski definition) is 1. The summed E-state index contributed by atoms with van der Waals surface area (Å²) in [6.07, 6.45) is 0.793. The summed E-state index contributed by atoms with van der Waals surface area (Å²) in [5.41, 5.74) is 3.83. The molecule has 0 bridgehead atoms. The lowest BCUT2D eigenvalue weighted by Gasteiger charge is -2.33. The molecule has 2 aromatic heterocycles. The molecule has 1 N–H and O–H groups in total. The van der Waals surface area contributed by atoms with Crippen LogP contribution in [0.3, 0.4) is 0 Å². The number of aromatic nitrogens is 5. The van der Waals surface area contributed by atoms with Gasteiger partial charge < -0.3 is 4.98 Å². The normalized spacial score (nSPS) is 12.8. The van der Waals surface area contributed by atoms with E-state index >= 15 is 0 Å². The van der Waals surface area contributed by atoms with Crippen LogP contribution in [0.4, 0.5) is 4.39 Å². The Kier molecular flexibility index (Phi) is 7.39. The van der Waals surface area contributed by atoms with E-state index in [1.54, 1.807) is 12.1 Å². The average molecular weight is 525 g/mol. The van der Waals surface area contributed by atoms with Crippen molar-refractivity contribution in [2.24, 2.45) is 0 Å². The van der Waals surface area contributed by atoms with Crippen molar-refractivity contribution < 1.29 is 4.39 Å². The molecule has 0 amide bonds. The maximum absolute atomic E-state index is 13.8. The van der Waals surface area contributed by atoms with Crippen LogP contribution in [0, 0.1) is 12.7 Å². The quantitative estimate of drug-likeness (QED) is 0.260. The molecule has 39 heavy (non-hydrogen) atoms. The lowest BCUT2D eigenvalue weighted by Crippen LogP contribution is -2.38. The summed E-state index contributed by atoms with van der Waals surface area (Å²) >= 11 is 0. The molecule has 0 aliphatic rings. The largest absolute Gasteiger partial charge is 0.322 e. The van der Waals surface area contributed by atoms with Crippen LogP contribution in [0.15, 0.2) is 83.7 Å². The fraction of sp³-hybridized carbons (Fsp3) is 0.290. The summed E-state index contributed by atoms with van der Waals surface area (Å²) in [4.78, 5) is 19.0. The summed E-state index contributed by atoms with van der Waals surface area (Å²) in [7, 11) is 0. The number of aryl methyl sites for hydroxylation is 1. The first-order valence-electron chi connectivity index (χ1n) is 13.2. The topological polar surface area (TPSA) is 79.7 Å². The third-order valence-corrected chi connectivity index (χ3v) is 7.39. The predicted octanol–water partition coefficient (Wildman–Crippen LogP) is 5.90. The Bertz CT molecular complexity index is 1630. The van der Waals surface area contributed by atoms with E-state index in [9.17, 15) is 9.18 Å². The van der Waals surface area contributed by atoms with E-state index in [2.05, 4.69) is 64.4 Å². The van der Waals surface area contributed by atoms with Gasteiger partial charge in [0.2, 0.25) is 0 Å². The number of fused-ring (bicyclic) bond motifs is 1. The van der Waals surface area contributed by atoms with Gasteiger partial charge in [0.05, 0.1) is 5.54 Å². The third kappa shape index (κ3) is 5.66. The molecule has 3 aromatic carbocycles. The Morgan fingerprint density at radius 1 is 0.974 bits per heavy atom. The fourth-order valence-electron chi connectivity index (χ4n) is 4.87. The molecule has 8 heteroatoms. The van der Waals surface area contributed by atoms with Gasteiger partial charge in [0, 0.05) is 24.2 Å². The molecule has 0 fully saturated rings. The molecule has 0 aliphatic carbocycles. The molecule has 2 heterocycles. The Morgan fingerprint density at radius 2 is 1.67 bits per heavy atom. The third-order valence-electron chi connectivity index (χ3n) is 7.39. The van der Waals surface area contributed by atoms with Crippen molar-refractivity contribution in [3.8, 4) is 0 Å². The van der Waals surface area contributed by atoms with Crippen LogP contribution in [0.25, 0.3) is 10.9 Å². The standard InChI is InChI=1S/C31H33FN6O/c1-5-31(3,4)38-29(34-35-36-38)28(26-18-24-17-21(2)11-16-27(24)33-30(26)39)37(19-22-9-7-6-8-10-22)20-23-12-14-25(32)15-13-23/h6-18,28H,5,19-20H2,1-4H3,(H,33,39)/t28-/m0/s1. The van der Waals surface area contributed by atoms with Gasteiger partial charge in [0.1, 0.15) is 11.9 Å². The van der Waals surface area contributed by atoms with Crippen LogP contribution in [0.1, 0.15) is 61.3 Å². The maximum Gasteiger partial charge on any atom is 0.253 e. The number of H-pyrrole nitrogens is 1. The summed E-state index contributed by atoms with van der Waals surface area (Å²) in [5, 5.41) is 13.9. The molecule has 5 aromatic rings. The summed E-state index contributed by atoms with van der Waals surface area (Å²) in [6.45, 7) is 9.26. The molecule has 0 spiro atoms. The molecule has 200 valence electrons. The molecular formula is C31H33FN6O. The van der Waals surface area contributed by atoms with Gasteiger partial charge in [-0.2, -0.15) is 0 Å².